The Hall–Kier alpha value is -3.30. The molecule has 10 heteroatoms. The summed E-state index contributed by atoms with van der Waals surface area (Å²) >= 11 is 16.0. The molecule has 0 aromatic heterocycles. The van der Waals surface area contributed by atoms with Crippen molar-refractivity contribution in [2.45, 2.75) is 19.6 Å². The number of nitrogens with zero attached hydrogens (tertiary/aromatic N) is 4. The van der Waals surface area contributed by atoms with E-state index in [1.807, 2.05) is 94.7 Å². The number of fused-ring (bicyclic) bond motifs is 4. The second kappa shape index (κ2) is 10.3. The number of hydrogen-bond acceptors (Lipinski definition) is 4. The van der Waals surface area contributed by atoms with Gasteiger partial charge in [-0.1, -0.05) is 71.0 Å². The summed E-state index contributed by atoms with van der Waals surface area (Å²) in [5.41, 5.74) is 3.22. The highest BCUT2D eigenvalue weighted by atomic mass is 35.5. The molecular weight excluding hydrogens is 583 g/mol. The van der Waals surface area contributed by atoms with Gasteiger partial charge in [0.2, 0.25) is 0 Å². The number of benzene rings is 4. The van der Waals surface area contributed by atoms with Crippen LogP contribution in [0.4, 0.5) is 32.3 Å². The van der Waals surface area contributed by atoms with Crippen molar-refractivity contribution in [2.75, 3.05) is 36.0 Å². The predicted octanol–water partition coefficient (Wildman–Crippen LogP) is 8.76. The largest absolute Gasteiger partial charge is 0.329 e. The van der Waals surface area contributed by atoms with E-state index in [0.717, 1.165) is 42.3 Å². The van der Waals surface area contributed by atoms with E-state index in [-0.39, 0.29) is 12.1 Å². The molecule has 3 aliphatic rings. The zero-order valence-electron chi connectivity index (χ0n) is 21.1. The Morgan fingerprint density at radius 3 is 1.32 bits per heavy atom. The second-order valence-corrected chi connectivity index (χ2v) is 12.6. The van der Waals surface area contributed by atoms with E-state index in [1.54, 1.807) is 33.3 Å². The van der Waals surface area contributed by atoms with Crippen LogP contribution in [0.3, 0.4) is 0 Å². The first-order chi connectivity index (χ1) is 19.5. The summed E-state index contributed by atoms with van der Waals surface area (Å²) in [6, 6.07) is 26.8. The Bertz CT molecular complexity index is 1550. The Morgan fingerprint density at radius 1 is 0.525 bits per heavy atom. The molecule has 0 bridgehead atoms. The highest BCUT2D eigenvalue weighted by Gasteiger charge is 2.36. The van der Waals surface area contributed by atoms with Crippen molar-refractivity contribution < 1.29 is 9.59 Å². The van der Waals surface area contributed by atoms with Crippen LogP contribution in [0.25, 0.3) is 0 Å². The van der Waals surface area contributed by atoms with Crippen molar-refractivity contribution in [3.8, 4) is 0 Å². The first-order valence-electron chi connectivity index (χ1n) is 12.8. The molecule has 4 aromatic carbocycles. The fraction of sp³-hybridized carbons (Fsp3) is 0.133. The molecule has 4 amide bonds. The average Bonchev–Trinajstić information content (AvgIpc) is 2.98. The van der Waals surface area contributed by atoms with Gasteiger partial charge in [-0.2, -0.15) is 0 Å². The van der Waals surface area contributed by atoms with E-state index in [0.29, 0.717) is 36.2 Å². The van der Waals surface area contributed by atoms with E-state index < -0.39 is 0 Å². The summed E-state index contributed by atoms with van der Waals surface area (Å²) in [7, 11) is 0. The molecule has 3 heterocycles. The summed E-state index contributed by atoms with van der Waals surface area (Å²) in [4.78, 5) is 39.1. The lowest BCUT2D eigenvalue weighted by molar-refractivity contribution is 0.151. The number of anilines is 4. The summed E-state index contributed by atoms with van der Waals surface area (Å²) in [5.74, 6) is 0. The van der Waals surface area contributed by atoms with Gasteiger partial charge in [0.05, 0.1) is 22.7 Å². The van der Waals surface area contributed by atoms with Gasteiger partial charge >= 0.3 is 12.1 Å². The molecule has 3 aliphatic heterocycles. The average molecular weight is 606 g/mol. The number of carbonyl (C=O) groups excluding carboxylic acids is 2. The highest BCUT2D eigenvalue weighted by molar-refractivity contribution is 8.00. The van der Waals surface area contributed by atoms with Crippen molar-refractivity contribution in [1.82, 2.24) is 9.80 Å². The lowest BCUT2D eigenvalue weighted by atomic mass is 10.2. The molecule has 40 heavy (non-hydrogen) atoms. The second-order valence-electron chi connectivity index (χ2n) is 9.57. The number of para-hydroxylation sites is 2. The van der Waals surface area contributed by atoms with Gasteiger partial charge in [-0.25, -0.2) is 9.59 Å². The van der Waals surface area contributed by atoms with Crippen LogP contribution in [0.2, 0.25) is 10.0 Å². The first kappa shape index (κ1) is 25.7. The third-order valence-corrected chi connectivity index (χ3v) is 9.91. The molecule has 4 aromatic rings. The van der Waals surface area contributed by atoms with Crippen LogP contribution in [0, 0.1) is 0 Å². The van der Waals surface area contributed by atoms with Gasteiger partial charge < -0.3 is 9.80 Å². The molecule has 1 saturated heterocycles. The Morgan fingerprint density at radius 2 is 0.900 bits per heavy atom. The molecule has 200 valence electrons. The molecule has 0 atom stereocenters. The summed E-state index contributed by atoms with van der Waals surface area (Å²) in [6.07, 6.45) is 0. The number of rotatable bonds is 0. The maximum atomic E-state index is 14.0. The number of piperazine rings is 1. The van der Waals surface area contributed by atoms with Crippen molar-refractivity contribution in [3.05, 3.63) is 95.0 Å². The van der Waals surface area contributed by atoms with Crippen molar-refractivity contribution in [3.63, 3.8) is 0 Å². The monoisotopic (exact) mass is 604 g/mol. The predicted molar refractivity (Wildman–Crippen MR) is 162 cm³/mol. The Labute approximate surface area is 250 Å². The number of halogens is 2. The first-order valence-corrected chi connectivity index (χ1v) is 15.2. The molecule has 0 spiro atoms. The van der Waals surface area contributed by atoms with Crippen LogP contribution in [0.5, 0.6) is 0 Å². The van der Waals surface area contributed by atoms with Gasteiger partial charge in [0.1, 0.15) is 0 Å². The zero-order valence-corrected chi connectivity index (χ0v) is 24.2. The highest BCUT2D eigenvalue weighted by Crippen LogP contribution is 2.50. The molecule has 0 unspecified atom stereocenters. The maximum Gasteiger partial charge on any atom is 0.329 e. The topological polar surface area (TPSA) is 47.1 Å². The molecule has 7 rings (SSSR count). The van der Waals surface area contributed by atoms with Crippen LogP contribution >= 0.6 is 46.7 Å². The summed E-state index contributed by atoms with van der Waals surface area (Å²) < 4.78 is 0. The fourth-order valence-electron chi connectivity index (χ4n) is 5.24. The fourth-order valence-corrected chi connectivity index (χ4v) is 7.65. The van der Waals surface area contributed by atoms with E-state index in [1.165, 1.54) is 0 Å². The standard InChI is InChI=1S/C30H22Cl2N4O2S2/c31-19-9-11-27-23(17-19)35(21-5-1-3-7-25(21)39-27)29(37)33-13-15-34(16-14-33)30(38)36-22-6-2-4-8-26(22)40-28-12-10-20(32)18-24(28)36/h1-12,17-18H,13-16H2. The molecule has 0 radical (unpaired) electrons. The molecule has 0 saturated carbocycles. The molecule has 0 N–H and O–H groups in total. The van der Waals surface area contributed by atoms with Crippen molar-refractivity contribution in [2.24, 2.45) is 0 Å². The Kier molecular flexibility index (Phi) is 6.59. The molecular formula is C30H22Cl2N4O2S2. The van der Waals surface area contributed by atoms with Crippen LogP contribution in [0.15, 0.2) is 105 Å². The van der Waals surface area contributed by atoms with Gasteiger partial charge in [0.25, 0.3) is 0 Å². The van der Waals surface area contributed by atoms with Gasteiger partial charge in [-0.3, -0.25) is 9.80 Å². The zero-order chi connectivity index (χ0) is 27.4. The third-order valence-electron chi connectivity index (χ3n) is 7.18. The van der Waals surface area contributed by atoms with Gasteiger partial charge in [-0.05, 0) is 60.7 Å². The van der Waals surface area contributed by atoms with Gasteiger partial charge in [-0.15, -0.1) is 0 Å². The number of urea groups is 2. The lowest BCUT2D eigenvalue weighted by Crippen LogP contribution is -2.55. The maximum absolute atomic E-state index is 14.0. The van der Waals surface area contributed by atoms with Gasteiger partial charge in [0, 0.05) is 55.8 Å². The van der Waals surface area contributed by atoms with Crippen LogP contribution in [-0.2, 0) is 0 Å². The normalized spacial score (nSPS) is 15.7. The summed E-state index contributed by atoms with van der Waals surface area (Å²) in [5, 5.41) is 1.15. The van der Waals surface area contributed by atoms with Gasteiger partial charge in [0.15, 0.2) is 0 Å². The number of hydrogen-bond donors (Lipinski definition) is 0. The van der Waals surface area contributed by atoms with Crippen molar-refractivity contribution >= 4 is 81.5 Å². The molecule has 0 aliphatic carbocycles. The minimum atomic E-state index is -0.125. The SMILES string of the molecule is O=C(N1CCN(C(=O)N2c3ccccc3Sc3ccc(Cl)cc32)CC1)N1c2ccccc2Sc2ccc(Cl)cc21. The van der Waals surface area contributed by atoms with E-state index in [2.05, 4.69) is 0 Å². The third kappa shape index (κ3) is 4.39. The molecule has 6 nitrogen and oxygen atoms in total. The van der Waals surface area contributed by atoms with Crippen LogP contribution < -0.4 is 9.80 Å². The van der Waals surface area contributed by atoms with E-state index >= 15 is 0 Å². The van der Waals surface area contributed by atoms with Crippen LogP contribution in [-0.4, -0.2) is 48.0 Å². The quantitative estimate of drug-likeness (QED) is 0.201. The van der Waals surface area contributed by atoms with E-state index in [9.17, 15) is 9.59 Å². The smallest absolute Gasteiger partial charge is 0.320 e. The lowest BCUT2D eigenvalue weighted by Gasteiger charge is -2.41. The Balaban J connectivity index is 1.14. The minimum absolute atomic E-state index is 0.125. The van der Waals surface area contributed by atoms with Crippen LogP contribution in [0.1, 0.15) is 0 Å². The van der Waals surface area contributed by atoms with Crippen molar-refractivity contribution in [1.29, 1.82) is 0 Å². The summed E-state index contributed by atoms with van der Waals surface area (Å²) in [6.45, 7) is 1.66. The minimum Gasteiger partial charge on any atom is -0.320 e. The molecule has 1 fully saturated rings. The number of carbonyl (C=O) groups is 2. The number of amides is 4. The van der Waals surface area contributed by atoms with E-state index in [4.69, 9.17) is 23.2 Å².